The first kappa shape index (κ1) is 21.8. The summed E-state index contributed by atoms with van der Waals surface area (Å²) in [5.41, 5.74) is 2.71. The Morgan fingerprint density at radius 2 is 1.85 bits per heavy atom. The molecule has 3 saturated heterocycles. The van der Waals surface area contributed by atoms with Crippen molar-refractivity contribution < 1.29 is 14.3 Å². The molecule has 3 aliphatic rings. The van der Waals surface area contributed by atoms with Crippen LogP contribution in [0.15, 0.2) is 42.5 Å². The Kier molecular flexibility index (Phi) is 5.14. The van der Waals surface area contributed by atoms with Crippen molar-refractivity contribution in [3.8, 4) is 12.3 Å². The maximum Gasteiger partial charge on any atom is 0.257 e. The van der Waals surface area contributed by atoms with Crippen LogP contribution in [0.2, 0.25) is 0 Å². The molecule has 5 rings (SSSR count). The summed E-state index contributed by atoms with van der Waals surface area (Å²) >= 11 is 0. The van der Waals surface area contributed by atoms with Crippen LogP contribution in [0, 0.1) is 19.3 Å². The predicted molar refractivity (Wildman–Crippen MR) is 127 cm³/mol. The fraction of sp³-hybridized carbons (Fsp3) is 0.407. The largest absolute Gasteiger partial charge is 0.339 e. The van der Waals surface area contributed by atoms with Crippen molar-refractivity contribution in [1.82, 2.24) is 9.80 Å². The van der Waals surface area contributed by atoms with E-state index in [-0.39, 0.29) is 17.9 Å². The van der Waals surface area contributed by atoms with Gasteiger partial charge < -0.3 is 14.5 Å². The second-order valence-electron chi connectivity index (χ2n) is 9.69. The lowest BCUT2D eigenvalue weighted by Crippen LogP contribution is -2.51. The molecule has 2 aromatic rings. The Labute approximate surface area is 196 Å². The third kappa shape index (κ3) is 3.56. The standard InChI is InChI=1S/C27H27BN2O3/c1-4-19-5-7-20(8-6-19)24(31)29-13-11-27(12-14-29)25(32)30-23(9-10-26(30,3)33-27)21-15-18(2)16-22(28)17-21/h1,5-8,15-17,23H,9-14H2,2-3H3. The zero-order valence-electron chi connectivity index (χ0n) is 19.1. The number of likely N-dealkylation sites (tertiary alicyclic amines) is 1. The average molecular weight is 438 g/mol. The molecule has 0 N–H and O–H groups in total. The van der Waals surface area contributed by atoms with Crippen LogP contribution >= 0.6 is 0 Å². The molecule has 2 amide bonds. The van der Waals surface area contributed by atoms with Gasteiger partial charge in [-0.3, -0.25) is 9.59 Å². The third-order valence-corrected chi connectivity index (χ3v) is 7.39. The lowest BCUT2D eigenvalue weighted by molar-refractivity contribution is -0.148. The number of carbonyl (C=O) groups is 2. The average Bonchev–Trinajstić information content (AvgIpc) is 3.23. The molecule has 6 heteroatoms. The topological polar surface area (TPSA) is 49.9 Å². The third-order valence-electron chi connectivity index (χ3n) is 7.39. The monoisotopic (exact) mass is 438 g/mol. The summed E-state index contributed by atoms with van der Waals surface area (Å²) in [4.78, 5) is 30.5. The van der Waals surface area contributed by atoms with Crippen LogP contribution in [0.3, 0.4) is 0 Å². The minimum Gasteiger partial charge on any atom is -0.339 e. The number of benzene rings is 2. The number of hydrogen-bond donors (Lipinski definition) is 0. The van der Waals surface area contributed by atoms with Gasteiger partial charge in [0.15, 0.2) is 5.60 Å². The molecule has 2 aromatic carbocycles. The van der Waals surface area contributed by atoms with E-state index in [1.165, 1.54) is 0 Å². The molecule has 0 saturated carbocycles. The molecular weight excluding hydrogens is 411 g/mol. The van der Waals surface area contributed by atoms with Gasteiger partial charge in [-0.05, 0) is 56.5 Å². The molecule has 2 radical (unpaired) electrons. The highest BCUT2D eigenvalue weighted by atomic mass is 16.6. The van der Waals surface area contributed by atoms with Gasteiger partial charge >= 0.3 is 0 Å². The minimum absolute atomic E-state index is 0.0399. The quantitative estimate of drug-likeness (QED) is 0.536. The van der Waals surface area contributed by atoms with Gasteiger partial charge in [-0.15, -0.1) is 6.42 Å². The van der Waals surface area contributed by atoms with Gasteiger partial charge in [0.05, 0.1) is 6.04 Å². The Morgan fingerprint density at radius 1 is 1.15 bits per heavy atom. The summed E-state index contributed by atoms with van der Waals surface area (Å²) in [5.74, 6) is 2.56. The van der Waals surface area contributed by atoms with Crippen LogP contribution in [0.5, 0.6) is 0 Å². The van der Waals surface area contributed by atoms with Crippen LogP contribution in [0.25, 0.3) is 0 Å². The molecule has 5 nitrogen and oxygen atoms in total. The van der Waals surface area contributed by atoms with Crippen LogP contribution in [0.4, 0.5) is 0 Å². The Bertz CT molecular complexity index is 1140. The number of amides is 2. The van der Waals surface area contributed by atoms with Gasteiger partial charge in [0, 0.05) is 37.1 Å². The molecule has 3 fully saturated rings. The van der Waals surface area contributed by atoms with Gasteiger partial charge in [0.25, 0.3) is 11.8 Å². The van der Waals surface area contributed by atoms with Gasteiger partial charge in [-0.1, -0.05) is 35.1 Å². The highest BCUT2D eigenvalue weighted by Crippen LogP contribution is 2.53. The van der Waals surface area contributed by atoms with E-state index in [4.69, 9.17) is 19.0 Å². The Morgan fingerprint density at radius 3 is 2.48 bits per heavy atom. The first-order chi connectivity index (χ1) is 15.7. The van der Waals surface area contributed by atoms with Crippen molar-refractivity contribution in [1.29, 1.82) is 0 Å². The summed E-state index contributed by atoms with van der Waals surface area (Å²) in [5, 5.41) is 0. The number of hydrogen-bond acceptors (Lipinski definition) is 3. The second kappa shape index (κ2) is 7.78. The fourth-order valence-electron chi connectivity index (χ4n) is 5.75. The SMILES string of the molecule is [B]c1cc(C)cc(C2CCC3(C)OC4(CCN(C(=O)c5ccc(C#C)cc5)CC4)C(=O)N23)c1. The summed E-state index contributed by atoms with van der Waals surface area (Å²) in [7, 11) is 6.09. The van der Waals surface area contributed by atoms with E-state index in [9.17, 15) is 9.59 Å². The number of terminal acetylenes is 1. The summed E-state index contributed by atoms with van der Waals surface area (Å²) < 4.78 is 6.57. The fourth-order valence-corrected chi connectivity index (χ4v) is 5.75. The lowest BCUT2D eigenvalue weighted by Gasteiger charge is -2.38. The maximum absolute atomic E-state index is 13.8. The van der Waals surface area contributed by atoms with E-state index in [0.29, 0.717) is 37.0 Å². The first-order valence-electron chi connectivity index (χ1n) is 11.5. The predicted octanol–water partition coefficient (Wildman–Crippen LogP) is 2.86. The molecule has 166 valence electrons. The van der Waals surface area contributed by atoms with Crippen LogP contribution in [0.1, 0.15) is 65.7 Å². The number of carbonyl (C=O) groups excluding carboxylic acids is 2. The van der Waals surface area contributed by atoms with E-state index in [0.717, 1.165) is 29.5 Å². The van der Waals surface area contributed by atoms with Gasteiger partial charge in [0.2, 0.25) is 0 Å². The van der Waals surface area contributed by atoms with Crippen LogP contribution in [-0.4, -0.2) is 53.9 Å². The number of aryl methyl sites for hydroxylation is 1. The van der Waals surface area contributed by atoms with Crippen molar-refractivity contribution in [3.05, 3.63) is 64.7 Å². The van der Waals surface area contributed by atoms with Crippen LogP contribution < -0.4 is 5.46 Å². The molecule has 33 heavy (non-hydrogen) atoms. The van der Waals surface area contributed by atoms with E-state index in [1.54, 1.807) is 29.2 Å². The lowest BCUT2D eigenvalue weighted by atomic mass is 9.87. The van der Waals surface area contributed by atoms with E-state index < -0.39 is 11.3 Å². The highest BCUT2D eigenvalue weighted by molar-refractivity contribution is 6.32. The minimum atomic E-state index is -0.868. The first-order valence-corrected chi connectivity index (χ1v) is 11.5. The van der Waals surface area contributed by atoms with Crippen molar-refractivity contribution in [2.75, 3.05) is 13.1 Å². The second-order valence-corrected chi connectivity index (χ2v) is 9.69. The molecule has 0 aromatic heterocycles. The number of fused-ring (bicyclic) bond motifs is 1. The molecular formula is C27H27BN2O3. The highest BCUT2D eigenvalue weighted by Gasteiger charge is 2.63. The van der Waals surface area contributed by atoms with Crippen molar-refractivity contribution in [3.63, 3.8) is 0 Å². The van der Waals surface area contributed by atoms with Crippen molar-refractivity contribution >= 4 is 25.1 Å². The van der Waals surface area contributed by atoms with E-state index in [2.05, 4.69) is 12.0 Å². The molecule has 0 bridgehead atoms. The van der Waals surface area contributed by atoms with Gasteiger partial charge in [-0.25, -0.2) is 0 Å². The molecule has 3 heterocycles. The molecule has 2 unspecified atom stereocenters. The van der Waals surface area contributed by atoms with Crippen LogP contribution in [-0.2, 0) is 9.53 Å². The Balaban J connectivity index is 1.33. The normalized spacial score (nSPS) is 25.8. The van der Waals surface area contributed by atoms with E-state index in [1.807, 2.05) is 30.9 Å². The zero-order valence-corrected chi connectivity index (χ0v) is 19.1. The summed E-state index contributed by atoms with van der Waals surface area (Å²) in [6, 6.07) is 13.0. The van der Waals surface area contributed by atoms with Gasteiger partial charge in [-0.2, -0.15) is 0 Å². The Hall–Kier alpha value is -3.04. The maximum atomic E-state index is 13.8. The molecule has 3 aliphatic heterocycles. The number of rotatable bonds is 2. The summed E-state index contributed by atoms with van der Waals surface area (Å²) in [6.45, 7) is 4.99. The molecule has 0 aliphatic carbocycles. The van der Waals surface area contributed by atoms with Crippen molar-refractivity contribution in [2.45, 2.75) is 56.9 Å². The summed E-state index contributed by atoms with van der Waals surface area (Å²) in [6.07, 6.45) is 8.02. The number of nitrogens with zero attached hydrogens (tertiary/aromatic N) is 2. The number of piperidine rings is 1. The smallest absolute Gasteiger partial charge is 0.257 e. The van der Waals surface area contributed by atoms with E-state index >= 15 is 0 Å². The van der Waals surface area contributed by atoms with Crippen molar-refractivity contribution in [2.24, 2.45) is 0 Å². The molecule has 2 atom stereocenters. The zero-order chi connectivity index (χ0) is 23.4. The number of ether oxygens (including phenoxy) is 1. The van der Waals surface area contributed by atoms with Gasteiger partial charge in [0.1, 0.15) is 13.6 Å². The molecule has 1 spiro atoms.